The molecule has 0 heterocycles. The lowest BCUT2D eigenvalue weighted by atomic mass is 10.0. The van der Waals surface area contributed by atoms with Crippen molar-refractivity contribution in [1.82, 2.24) is 5.06 Å². The maximum Gasteiger partial charge on any atom is 0.435 e. The summed E-state index contributed by atoms with van der Waals surface area (Å²) in [7, 11) is 1.21. The fourth-order valence-corrected chi connectivity index (χ4v) is 1.31. The Hall–Kier alpha value is -1.30. The minimum Gasteiger partial charge on any atom is -0.467 e. The second kappa shape index (κ2) is 6.58. The monoisotopic (exact) mass is 261 g/mol. The average molecular weight is 261 g/mol. The molecule has 1 atom stereocenters. The summed E-state index contributed by atoms with van der Waals surface area (Å²) >= 11 is 0. The summed E-state index contributed by atoms with van der Waals surface area (Å²) in [6, 6.07) is -1.05. The third kappa shape index (κ3) is 5.86. The molecule has 6 nitrogen and oxygen atoms in total. The average Bonchev–Trinajstić information content (AvgIpc) is 2.21. The van der Waals surface area contributed by atoms with E-state index in [1.165, 1.54) is 7.11 Å². The fourth-order valence-electron chi connectivity index (χ4n) is 1.31. The normalized spacial score (nSPS) is 13.1. The van der Waals surface area contributed by atoms with Crippen LogP contribution >= 0.6 is 0 Å². The quantitative estimate of drug-likeness (QED) is 0.477. The first-order valence-electron chi connectivity index (χ1n) is 5.87. The number of nitrogens with zero attached hydrogens (tertiary/aromatic N) is 1. The molecule has 1 N–H and O–H groups in total. The lowest BCUT2D eigenvalue weighted by Gasteiger charge is -2.28. The summed E-state index contributed by atoms with van der Waals surface area (Å²) in [6.07, 6.45) is -0.666. The van der Waals surface area contributed by atoms with Crippen LogP contribution in [0.25, 0.3) is 0 Å². The Bertz CT molecular complexity index is 295. The highest BCUT2D eigenvalue weighted by molar-refractivity contribution is 5.80. The van der Waals surface area contributed by atoms with Gasteiger partial charge in [0, 0.05) is 0 Å². The number of hydrogen-bond acceptors (Lipinski definition) is 5. The van der Waals surface area contributed by atoms with Crippen LogP contribution in [0.2, 0.25) is 0 Å². The van der Waals surface area contributed by atoms with E-state index in [1.807, 2.05) is 13.8 Å². The smallest absolute Gasteiger partial charge is 0.435 e. The Kier molecular flexibility index (Phi) is 6.11. The third-order valence-electron chi connectivity index (χ3n) is 2.04. The number of carbonyl (C=O) groups is 2. The van der Waals surface area contributed by atoms with Gasteiger partial charge in [-0.3, -0.25) is 5.21 Å². The van der Waals surface area contributed by atoms with Crippen molar-refractivity contribution in [3.63, 3.8) is 0 Å². The largest absolute Gasteiger partial charge is 0.467 e. The number of methoxy groups -OCH3 is 1. The fraction of sp³-hybridized carbons (Fsp3) is 0.833. The molecule has 0 aromatic carbocycles. The third-order valence-corrected chi connectivity index (χ3v) is 2.04. The summed E-state index contributed by atoms with van der Waals surface area (Å²) in [5.74, 6) is -0.553. The highest BCUT2D eigenvalue weighted by Gasteiger charge is 2.33. The van der Waals surface area contributed by atoms with Gasteiger partial charge in [0.25, 0.3) is 0 Å². The lowest BCUT2D eigenvalue weighted by molar-refractivity contribution is -0.169. The molecule has 0 spiro atoms. The van der Waals surface area contributed by atoms with Crippen LogP contribution in [-0.4, -0.2) is 41.1 Å². The number of hydroxylamine groups is 2. The summed E-state index contributed by atoms with van der Waals surface area (Å²) in [5, 5.41) is 10.1. The molecule has 18 heavy (non-hydrogen) atoms. The van der Waals surface area contributed by atoms with Crippen LogP contribution in [0.4, 0.5) is 4.79 Å². The van der Waals surface area contributed by atoms with Crippen molar-refractivity contribution < 1.29 is 24.3 Å². The molecule has 0 fully saturated rings. The van der Waals surface area contributed by atoms with Crippen LogP contribution in [0.5, 0.6) is 0 Å². The van der Waals surface area contributed by atoms with E-state index >= 15 is 0 Å². The van der Waals surface area contributed by atoms with Crippen LogP contribution in [0.3, 0.4) is 0 Å². The van der Waals surface area contributed by atoms with Gasteiger partial charge in [0.05, 0.1) is 7.11 Å². The maximum atomic E-state index is 11.6. The first-order chi connectivity index (χ1) is 8.08. The van der Waals surface area contributed by atoms with Gasteiger partial charge in [0.15, 0.2) is 6.04 Å². The summed E-state index contributed by atoms with van der Waals surface area (Å²) in [6.45, 7) is 8.77. The molecule has 0 aromatic heterocycles. The summed E-state index contributed by atoms with van der Waals surface area (Å²) in [4.78, 5) is 23.2. The number of rotatable bonds is 4. The number of ether oxygens (including phenoxy) is 2. The van der Waals surface area contributed by atoms with Crippen LogP contribution < -0.4 is 0 Å². The second-order valence-corrected chi connectivity index (χ2v) is 5.49. The molecule has 0 aliphatic rings. The molecule has 0 rings (SSSR count). The van der Waals surface area contributed by atoms with Crippen LogP contribution in [0.15, 0.2) is 0 Å². The van der Waals surface area contributed by atoms with Gasteiger partial charge in [-0.05, 0) is 33.1 Å². The zero-order valence-corrected chi connectivity index (χ0v) is 11.9. The molecule has 106 valence electrons. The van der Waals surface area contributed by atoms with Gasteiger partial charge < -0.3 is 9.47 Å². The van der Waals surface area contributed by atoms with Crippen molar-refractivity contribution >= 4 is 12.1 Å². The van der Waals surface area contributed by atoms with E-state index in [9.17, 15) is 14.8 Å². The molecule has 0 saturated heterocycles. The molecule has 6 heteroatoms. The molecular formula is C12H23NO5. The molecule has 0 saturated carbocycles. The second-order valence-electron chi connectivity index (χ2n) is 5.49. The summed E-state index contributed by atoms with van der Waals surface area (Å²) in [5.41, 5.74) is -0.740. The molecule has 0 unspecified atom stereocenters. The van der Waals surface area contributed by atoms with E-state index in [4.69, 9.17) is 4.74 Å². The highest BCUT2D eigenvalue weighted by Crippen LogP contribution is 2.15. The zero-order valence-electron chi connectivity index (χ0n) is 11.9. The first kappa shape index (κ1) is 16.7. The van der Waals surface area contributed by atoms with Gasteiger partial charge >= 0.3 is 12.1 Å². The van der Waals surface area contributed by atoms with Crippen LogP contribution in [-0.2, 0) is 14.3 Å². The van der Waals surface area contributed by atoms with Crippen molar-refractivity contribution in [1.29, 1.82) is 0 Å². The van der Waals surface area contributed by atoms with Crippen molar-refractivity contribution in [2.24, 2.45) is 5.92 Å². The molecule has 1 amide bonds. The van der Waals surface area contributed by atoms with Gasteiger partial charge in [-0.2, -0.15) is 5.06 Å². The summed E-state index contributed by atoms with van der Waals surface area (Å²) < 4.78 is 9.55. The number of esters is 1. The lowest BCUT2D eigenvalue weighted by Crippen LogP contribution is -2.46. The highest BCUT2D eigenvalue weighted by atomic mass is 16.6. The number of amides is 1. The van der Waals surface area contributed by atoms with Crippen LogP contribution in [0, 0.1) is 5.92 Å². The Morgan fingerprint density at radius 1 is 1.28 bits per heavy atom. The molecule has 0 aliphatic heterocycles. The molecule has 0 radical (unpaired) electrons. The maximum absolute atomic E-state index is 11.6. The van der Waals surface area contributed by atoms with Gasteiger partial charge in [0.1, 0.15) is 5.60 Å². The van der Waals surface area contributed by atoms with Crippen molar-refractivity contribution in [2.45, 2.75) is 52.7 Å². The van der Waals surface area contributed by atoms with E-state index in [0.717, 1.165) is 0 Å². The Morgan fingerprint density at radius 3 is 2.11 bits per heavy atom. The van der Waals surface area contributed by atoms with E-state index in [1.54, 1.807) is 20.8 Å². The van der Waals surface area contributed by atoms with Gasteiger partial charge in [0.2, 0.25) is 0 Å². The van der Waals surface area contributed by atoms with Gasteiger partial charge in [-0.1, -0.05) is 13.8 Å². The predicted molar refractivity (Wildman–Crippen MR) is 65.1 cm³/mol. The Labute approximate surface area is 108 Å². The van der Waals surface area contributed by atoms with Gasteiger partial charge in [-0.15, -0.1) is 0 Å². The standard InChI is InChI=1S/C12H23NO5/c1-8(2)7-9(10(14)17-6)13(16)11(15)18-12(3,4)5/h8-9,16H,7H2,1-6H3/t9-/m0/s1. The zero-order chi connectivity index (χ0) is 14.5. The Morgan fingerprint density at radius 2 is 1.78 bits per heavy atom. The van der Waals surface area contributed by atoms with E-state index in [0.29, 0.717) is 11.5 Å². The van der Waals surface area contributed by atoms with Crippen molar-refractivity contribution in [3.05, 3.63) is 0 Å². The predicted octanol–water partition coefficient (Wildman–Crippen LogP) is 2.20. The van der Waals surface area contributed by atoms with Gasteiger partial charge in [-0.25, -0.2) is 9.59 Å². The minimum atomic E-state index is -1.05. The molecule has 0 aromatic rings. The number of carbonyl (C=O) groups excluding carboxylic acids is 2. The van der Waals surface area contributed by atoms with E-state index in [2.05, 4.69) is 4.74 Å². The first-order valence-corrected chi connectivity index (χ1v) is 5.87. The molecular weight excluding hydrogens is 238 g/mol. The Balaban J connectivity index is 4.79. The van der Waals surface area contributed by atoms with E-state index < -0.39 is 23.7 Å². The SMILES string of the molecule is COC(=O)[C@H](CC(C)C)N(O)C(=O)OC(C)(C)C. The van der Waals surface area contributed by atoms with E-state index in [-0.39, 0.29) is 5.92 Å². The van der Waals surface area contributed by atoms with Crippen molar-refractivity contribution in [2.75, 3.05) is 7.11 Å². The van der Waals surface area contributed by atoms with Crippen molar-refractivity contribution in [3.8, 4) is 0 Å². The molecule has 0 bridgehead atoms. The topological polar surface area (TPSA) is 76.1 Å². The molecule has 0 aliphatic carbocycles. The minimum absolute atomic E-state index is 0.117. The van der Waals surface area contributed by atoms with Crippen LogP contribution in [0.1, 0.15) is 41.0 Å². The number of hydrogen-bond donors (Lipinski definition) is 1.